The first-order chi connectivity index (χ1) is 10.8. The van der Waals surface area contributed by atoms with Crippen molar-refractivity contribution < 1.29 is 27.5 Å². The van der Waals surface area contributed by atoms with Gasteiger partial charge >= 0.3 is 12.1 Å². The van der Waals surface area contributed by atoms with Gasteiger partial charge in [0, 0.05) is 6.42 Å². The van der Waals surface area contributed by atoms with Gasteiger partial charge in [-0.25, -0.2) is 13.9 Å². The summed E-state index contributed by atoms with van der Waals surface area (Å²) in [6.45, 7) is 0. The van der Waals surface area contributed by atoms with Crippen LogP contribution >= 0.6 is 0 Å². The van der Waals surface area contributed by atoms with Crippen LogP contribution in [0.2, 0.25) is 0 Å². The lowest BCUT2D eigenvalue weighted by molar-refractivity contribution is -0.173. The molecule has 1 aromatic carbocycles. The number of carbonyl (C=O) groups is 1. The highest BCUT2D eigenvalue weighted by Crippen LogP contribution is 2.44. The molecule has 2 aromatic rings. The van der Waals surface area contributed by atoms with Crippen LogP contribution in [-0.4, -0.2) is 27.0 Å². The summed E-state index contributed by atoms with van der Waals surface area (Å²) in [7, 11) is 0. The fourth-order valence-corrected chi connectivity index (χ4v) is 2.63. The molecule has 2 atom stereocenters. The molecule has 3 rings (SSSR count). The predicted octanol–water partition coefficient (Wildman–Crippen LogP) is 3.38. The Kier molecular flexibility index (Phi) is 3.50. The van der Waals surface area contributed by atoms with E-state index in [0.29, 0.717) is 10.2 Å². The molecule has 2 unspecified atom stereocenters. The quantitative estimate of drug-likeness (QED) is 0.829. The highest BCUT2D eigenvalue weighted by molar-refractivity contribution is 5.93. The third-order valence-corrected chi connectivity index (χ3v) is 3.74. The van der Waals surface area contributed by atoms with E-state index in [2.05, 4.69) is 10.4 Å². The van der Waals surface area contributed by atoms with Gasteiger partial charge in [0.05, 0.1) is 12.2 Å². The molecular weight excluding hydrogens is 318 g/mol. The van der Waals surface area contributed by atoms with Crippen molar-refractivity contribution >= 4 is 11.8 Å². The van der Waals surface area contributed by atoms with Crippen LogP contribution in [-0.2, 0) is 0 Å². The van der Waals surface area contributed by atoms with E-state index < -0.39 is 30.0 Å². The van der Waals surface area contributed by atoms with E-state index in [9.17, 15) is 22.4 Å². The monoisotopic (exact) mass is 329 g/mol. The van der Waals surface area contributed by atoms with Crippen molar-refractivity contribution in [3.63, 3.8) is 0 Å². The van der Waals surface area contributed by atoms with Crippen LogP contribution in [0.1, 0.15) is 34.4 Å². The fourth-order valence-electron chi connectivity index (χ4n) is 2.63. The second-order valence-electron chi connectivity index (χ2n) is 5.20. The molecule has 0 saturated carbocycles. The van der Waals surface area contributed by atoms with E-state index in [1.807, 2.05) is 0 Å². The molecule has 0 fully saturated rings. The molecule has 0 spiro atoms. The van der Waals surface area contributed by atoms with Crippen molar-refractivity contribution in [2.45, 2.75) is 24.7 Å². The number of aromatic nitrogens is 2. The Hall–Kier alpha value is -2.58. The summed E-state index contributed by atoms with van der Waals surface area (Å²) >= 11 is 0. The summed E-state index contributed by atoms with van der Waals surface area (Å²) in [5.74, 6) is -2.09. The van der Waals surface area contributed by atoms with Crippen LogP contribution in [0.4, 0.5) is 23.4 Å². The fraction of sp³-hybridized carbons (Fsp3) is 0.286. The molecule has 1 aromatic heterocycles. The Bertz CT molecular complexity index is 739. The molecule has 0 amide bonds. The highest BCUT2D eigenvalue weighted by atomic mass is 19.4. The Morgan fingerprint density at radius 2 is 1.96 bits per heavy atom. The van der Waals surface area contributed by atoms with Crippen molar-refractivity contribution in [2.24, 2.45) is 0 Å². The summed E-state index contributed by atoms with van der Waals surface area (Å²) in [5, 5.41) is 15.4. The predicted molar refractivity (Wildman–Crippen MR) is 71.7 cm³/mol. The van der Waals surface area contributed by atoms with Gasteiger partial charge in [0.25, 0.3) is 0 Å². The Morgan fingerprint density at radius 1 is 1.30 bits per heavy atom. The third kappa shape index (κ3) is 2.73. The molecule has 0 saturated heterocycles. The molecule has 0 aliphatic carbocycles. The normalized spacial score (nSPS) is 20.7. The zero-order valence-electron chi connectivity index (χ0n) is 11.5. The smallest absolute Gasteiger partial charge is 0.410 e. The lowest BCUT2D eigenvalue weighted by atomic mass is 9.96. The van der Waals surface area contributed by atoms with Gasteiger partial charge in [-0.1, -0.05) is 12.1 Å². The molecule has 23 heavy (non-hydrogen) atoms. The minimum absolute atomic E-state index is 0.208. The van der Waals surface area contributed by atoms with Crippen LogP contribution in [0.5, 0.6) is 0 Å². The molecule has 0 radical (unpaired) electrons. The van der Waals surface area contributed by atoms with Gasteiger partial charge in [0.1, 0.15) is 17.2 Å². The maximum absolute atomic E-state index is 13.3. The summed E-state index contributed by atoms with van der Waals surface area (Å²) < 4.78 is 53.5. The SMILES string of the molecule is O=C(O)c1cnn2c1NC(c1ccc(F)cc1)CC2C(F)(F)F. The third-order valence-electron chi connectivity index (χ3n) is 3.74. The van der Waals surface area contributed by atoms with E-state index in [1.165, 1.54) is 12.1 Å². The van der Waals surface area contributed by atoms with Gasteiger partial charge in [-0.15, -0.1) is 0 Å². The number of hydrogen-bond acceptors (Lipinski definition) is 3. The number of nitrogens with zero attached hydrogens (tertiary/aromatic N) is 2. The number of carboxylic acids is 1. The molecule has 0 bridgehead atoms. The van der Waals surface area contributed by atoms with Crippen LogP contribution < -0.4 is 5.32 Å². The first-order valence-corrected chi connectivity index (χ1v) is 6.67. The van der Waals surface area contributed by atoms with E-state index in [0.717, 1.165) is 18.3 Å². The lowest BCUT2D eigenvalue weighted by Gasteiger charge is -2.33. The number of anilines is 1. The number of benzene rings is 1. The number of rotatable bonds is 2. The number of carboxylic acid groups (broad SMARTS) is 1. The van der Waals surface area contributed by atoms with Crippen molar-refractivity contribution in [3.8, 4) is 0 Å². The molecular formula is C14H11F4N3O2. The summed E-state index contributed by atoms with van der Waals surface area (Å²) in [5.41, 5.74) is 0.0931. The van der Waals surface area contributed by atoms with E-state index in [-0.39, 0.29) is 17.8 Å². The number of halogens is 4. The van der Waals surface area contributed by atoms with Crippen molar-refractivity contribution in [1.29, 1.82) is 0 Å². The van der Waals surface area contributed by atoms with Crippen LogP contribution in [0.25, 0.3) is 0 Å². The van der Waals surface area contributed by atoms with Crippen LogP contribution in [0, 0.1) is 5.82 Å². The molecule has 5 nitrogen and oxygen atoms in total. The van der Waals surface area contributed by atoms with Gasteiger partial charge in [-0.3, -0.25) is 0 Å². The number of hydrogen-bond donors (Lipinski definition) is 2. The highest BCUT2D eigenvalue weighted by Gasteiger charge is 2.47. The average molecular weight is 329 g/mol. The Balaban J connectivity index is 2.05. The van der Waals surface area contributed by atoms with Gasteiger partial charge in [0.15, 0.2) is 6.04 Å². The largest absolute Gasteiger partial charge is 0.477 e. The zero-order chi connectivity index (χ0) is 16.8. The first-order valence-electron chi connectivity index (χ1n) is 6.67. The molecule has 1 aliphatic rings. The maximum Gasteiger partial charge on any atom is 0.410 e. The second kappa shape index (κ2) is 5.25. The van der Waals surface area contributed by atoms with E-state index in [4.69, 9.17) is 5.11 Å². The minimum Gasteiger partial charge on any atom is -0.477 e. The Labute approximate surface area is 127 Å². The van der Waals surface area contributed by atoms with Gasteiger partial charge in [0.2, 0.25) is 0 Å². The minimum atomic E-state index is -4.59. The van der Waals surface area contributed by atoms with Crippen LogP contribution in [0.3, 0.4) is 0 Å². The first kappa shape index (κ1) is 15.3. The summed E-state index contributed by atoms with van der Waals surface area (Å²) in [4.78, 5) is 11.2. The van der Waals surface area contributed by atoms with Crippen molar-refractivity contribution in [3.05, 3.63) is 47.4 Å². The van der Waals surface area contributed by atoms with Gasteiger partial charge < -0.3 is 10.4 Å². The Morgan fingerprint density at radius 3 is 2.52 bits per heavy atom. The lowest BCUT2D eigenvalue weighted by Crippen LogP contribution is -2.36. The summed E-state index contributed by atoms with van der Waals surface area (Å²) in [6.07, 6.45) is -4.07. The molecule has 1 aliphatic heterocycles. The average Bonchev–Trinajstić information content (AvgIpc) is 2.89. The van der Waals surface area contributed by atoms with Crippen molar-refractivity contribution in [2.75, 3.05) is 5.32 Å². The maximum atomic E-state index is 13.3. The van der Waals surface area contributed by atoms with Gasteiger partial charge in [-0.2, -0.15) is 18.3 Å². The number of fused-ring (bicyclic) bond motifs is 1. The molecule has 122 valence electrons. The molecule has 2 heterocycles. The van der Waals surface area contributed by atoms with E-state index >= 15 is 0 Å². The number of aromatic carboxylic acids is 1. The van der Waals surface area contributed by atoms with Crippen LogP contribution in [0.15, 0.2) is 30.5 Å². The zero-order valence-corrected chi connectivity index (χ0v) is 11.5. The standard InChI is InChI=1S/C14H11F4N3O2/c15-8-3-1-7(2-4-8)10-5-11(14(16,17)18)21-12(20-10)9(6-19-21)13(22)23/h1-4,6,10-11,20H,5H2,(H,22,23). The number of nitrogens with one attached hydrogen (secondary N) is 1. The second-order valence-corrected chi connectivity index (χ2v) is 5.20. The van der Waals surface area contributed by atoms with Gasteiger partial charge in [-0.05, 0) is 17.7 Å². The topological polar surface area (TPSA) is 67.1 Å². The van der Waals surface area contributed by atoms with E-state index in [1.54, 1.807) is 0 Å². The molecule has 9 heteroatoms. The van der Waals surface area contributed by atoms with Crippen molar-refractivity contribution in [1.82, 2.24) is 9.78 Å². The number of alkyl halides is 3. The molecule has 2 N–H and O–H groups in total. The summed E-state index contributed by atoms with van der Waals surface area (Å²) in [6, 6.07) is 2.26.